The molecule has 0 fully saturated rings. The highest BCUT2D eigenvalue weighted by Crippen LogP contribution is 2.32. The van der Waals surface area contributed by atoms with E-state index in [1.165, 1.54) is 10.9 Å². The molecule has 9 heteroatoms. The topological polar surface area (TPSA) is 77.2 Å². The lowest BCUT2D eigenvalue weighted by atomic mass is 9.85. The molecule has 1 unspecified atom stereocenters. The summed E-state index contributed by atoms with van der Waals surface area (Å²) in [5.41, 5.74) is 1.37. The SMILES string of the molecule is CC(C)CCC(CCOC(=O)CCc1ccc(O)c(C(C)(C)C)c1)n1nc2ccc(C(F)(F)F)cc2n1. The number of fused-ring (bicyclic) bond motifs is 1. The molecule has 0 aliphatic carbocycles. The van der Waals surface area contributed by atoms with Gasteiger partial charge in [0.2, 0.25) is 0 Å². The van der Waals surface area contributed by atoms with Crippen LogP contribution in [0, 0.1) is 5.92 Å². The fraction of sp³-hybridized carbons (Fsp3) is 0.536. The molecular formula is C28H36F3N3O3. The third kappa shape index (κ3) is 7.94. The maximum Gasteiger partial charge on any atom is 0.416 e. The molecule has 1 aromatic heterocycles. The van der Waals surface area contributed by atoms with E-state index in [0.717, 1.165) is 29.7 Å². The van der Waals surface area contributed by atoms with Crippen LogP contribution in [0.15, 0.2) is 36.4 Å². The average molecular weight is 520 g/mol. The van der Waals surface area contributed by atoms with E-state index in [2.05, 4.69) is 24.0 Å². The first-order valence-electron chi connectivity index (χ1n) is 12.7. The normalized spacial score (nSPS) is 13.3. The Morgan fingerprint density at radius 3 is 2.35 bits per heavy atom. The van der Waals surface area contributed by atoms with Gasteiger partial charge in [-0.05, 0) is 66.0 Å². The lowest BCUT2D eigenvalue weighted by Gasteiger charge is -2.21. The van der Waals surface area contributed by atoms with Crippen LogP contribution < -0.4 is 0 Å². The fourth-order valence-corrected chi connectivity index (χ4v) is 4.14. The number of ether oxygens (including phenoxy) is 1. The molecule has 0 amide bonds. The van der Waals surface area contributed by atoms with Crippen molar-refractivity contribution >= 4 is 17.0 Å². The van der Waals surface area contributed by atoms with Gasteiger partial charge >= 0.3 is 12.1 Å². The number of aromatic hydroxyl groups is 1. The van der Waals surface area contributed by atoms with Crippen molar-refractivity contribution in [2.75, 3.05) is 6.61 Å². The van der Waals surface area contributed by atoms with Gasteiger partial charge < -0.3 is 9.84 Å². The molecule has 1 N–H and O–H groups in total. The van der Waals surface area contributed by atoms with Gasteiger partial charge in [-0.15, -0.1) is 0 Å². The van der Waals surface area contributed by atoms with Gasteiger partial charge in [-0.3, -0.25) is 4.79 Å². The van der Waals surface area contributed by atoms with Gasteiger partial charge in [0.15, 0.2) is 0 Å². The number of carbonyl (C=O) groups excluding carboxylic acids is 1. The highest BCUT2D eigenvalue weighted by molar-refractivity contribution is 5.74. The molecule has 1 atom stereocenters. The van der Waals surface area contributed by atoms with Crippen molar-refractivity contribution in [3.63, 3.8) is 0 Å². The van der Waals surface area contributed by atoms with Gasteiger partial charge in [-0.2, -0.15) is 28.2 Å². The van der Waals surface area contributed by atoms with E-state index in [1.54, 1.807) is 12.1 Å². The number of phenols is 1. The van der Waals surface area contributed by atoms with E-state index in [0.29, 0.717) is 30.7 Å². The summed E-state index contributed by atoms with van der Waals surface area (Å²) >= 11 is 0. The summed E-state index contributed by atoms with van der Waals surface area (Å²) in [4.78, 5) is 13.9. The maximum absolute atomic E-state index is 13.1. The molecule has 3 aromatic rings. The number of carbonyl (C=O) groups is 1. The number of hydrogen-bond acceptors (Lipinski definition) is 5. The Morgan fingerprint density at radius 2 is 1.70 bits per heavy atom. The van der Waals surface area contributed by atoms with Crippen molar-refractivity contribution in [2.45, 2.75) is 84.4 Å². The summed E-state index contributed by atoms with van der Waals surface area (Å²) in [5.74, 6) is 0.331. The highest BCUT2D eigenvalue weighted by Gasteiger charge is 2.31. The number of phenolic OH excluding ortho intramolecular Hbond substituents is 1. The molecular weight excluding hydrogens is 483 g/mol. The molecule has 0 radical (unpaired) electrons. The molecule has 3 rings (SSSR count). The van der Waals surface area contributed by atoms with Gasteiger partial charge in [0.05, 0.1) is 18.2 Å². The van der Waals surface area contributed by atoms with Crippen LogP contribution in [0.25, 0.3) is 11.0 Å². The molecule has 1 heterocycles. The summed E-state index contributed by atoms with van der Waals surface area (Å²) in [7, 11) is 0. The van der Waals surface area contributed by atoms with Crippen LogP contribution in [0.2, 0.25) is 0 Å². The number of aryl methyl sites for hydroxylation is 1. The minimum atomic E-state index is -4.45. The molecule has 0 aliphatic heterocycles. The molecule has 37 heavy (non-hydrogen) atoms. The number of nitrogens with zero attached hydrogens (tertiary/aromatic N) is 3. The molecule has 0 spiro atoms. The summed E-state index contributed by atoms with van der Waals surface area (Å²) in [6.45, 7) is 10.4. The number of aromatic nitrogens is 3. The second kappa shape index (κ2) is 11.5. The zero-order chi connectivity index (χ0) is 27.4. The van der Waals surface area contributed by atoms with Crippen molar-refractivity contribution in [2.24, 2.45) is 5.92 Å². The predicted molar refractivity (Wildman–Crippen MR) is 136 cm³/mol. The van der Waals surface area contributed by atoms with E-state index in [9.17, 15) is 23.1 Å². The first-order valence-corrected chi connectivity index (χ1v) is 12.7. The van der Waals surface area contributed by atoms with E-state index in [1.807, 2.05) is 26.8 Å². The van der Waals surface area contributed by atoms with Gasteiger partial charge in [0.1, 0.15) is 16.8 Å². The Kier molecular flexibility index (Phi) is 8.87. The quantitative estimate of drug-likeness (QED) is 0.292. The van der Waals surface area contributed by atoms with Crippen LogP contribution >= 0.6 is 0 Å². The molecule has 0 saturated carbocycles. The third-order valence-electron chi connectivity index (χ3n) is 6.33. The first-order chi connectivity index (χ1) is 17.2. The standard InChI is InChI=1S/C28H36F3N3O3/c1-18(2)6-10-21(34-32-23-11-9-20(28(29,30)31)17-24(23)33-34)14-15-37-26(36)13-8-19-7-12-25(35)22(16-19)27(3,4)5/h7,9,11-12,16-18,21,35H,6,8,10,13-15H2,1-5H3. The Bertz CT molecular complexity index is 1210. The highest BCUT2D eigenvalue weighted by atomic mass is 19.4. The molecule has 6 nitrogen and oxygen atoms in total. The van der Waals surface area contributed by atoms with Gasteiger partial charge in [-0.1, -0.05) is 46.8 Å². The first kappa shape index (κ1) is 28.5. The van der Waals surface area contributed by atoms with Crippen LogP contribution in [0.4, 0.5) is 13.2 Å². The number of benzene rings is 2. The van der Waals surface area contributed by atoms with Crippen LogP contribution in [-0.4, -0.2) is 32.7 Å². The Balaban J connectivity index is 1.61. The molecule has 0 aliphatic rings. The molecule has 0 bridgehead atoms. The maximum atomic E-state index is 13.1. The number of halogens is 3. The number of alkyl halides is 3. The van der Waals surface area contributed by atoms with Crippen LogP contribution in [0.1, 0.15) is 83.0 Å². The number of esters is 1. The van der Waals surface area contributed by atoms with Crippen LogP contribution in [-0.2, 0) is 27.5 Å². The van der Waals surface area contributed by atoms with Crippen molar-refractivity contribution in [1.82, 2.24) is 15.0 Å². The monoisotopic (exact) mass is 519 g/mol. The summed E-state index contributed by atoms with van der Waals surface area (Å²) in [6.07, 6.45) is -1.70. The van der Waals surface area contributed by atoms with Crippen molar-refractivity contribution in [3.8, 4) is 5.75 Å². The minimum Gasteiger partial charge on any atom is -0.508 e. The third-order valence-corrected chi connectivity index (χ3v) is 6.33. The fourth-order valence-electron chi connectivity index (χ4n) is 4.14. The van der Waals surface area contributed by atoms with E-state index in [-0.39, 0.29) is 41.7 Å². The predicted octanol–water partition coefficient (Wildman–Crippen LogP) is 7.00. The van der Waals surface area contributed by atoms with Crippen molar-refractivity contribution < 1.29 is 27.8 Å². The zero-order valence-electron chi connectivity index (χ0n) is 22.1. The Hall–Kier alpha value is -3.10. The number of rotatable bonds is 10. The molecule has 0 saturated heterocycles. The van der Waals surface area contributed by atoms with Crippen molar-refractivity contribution in [1.29, 1.82) is 0 Å². The lowest BCUT2D eigenvalue weighted by molar-refractivity contribution is -0.144. The van der Waals surface area contributed by atoms with E-state index >= 15 is 0 Å². The Morgan fingerprint density at radius 1 is 1.00 bits per heavy atom. The zero-order valence-corrected chi connectivity index (χ0v) is 22.1. The van der Waals surface area contributed by atoms with Crippen LogP contribution in [0.3, 0.4) is 0 Å². The summed E-state index contributed by atoms with van der Waals surface area (Å²) in [6, 6.07) is 8.51. The molecule has 202 valence electrons. The van der Waals surface area contributed by atoms with Gasteiger partial charge in [-0.25, -0.2) is 0 Å². The van der Waals surface area contributed by atoms with E-state index in [4.69, 9.17) is 4.74 Å². The lowest BCUT2D eigenvalue weighted by Crippen LogP contribution is -2.17. The number of hydrogen-bond donors (Lipinski definition) is 1. The van der Waals surface area contributed by atoms with Gasteiger partial charge in [0.25, 0.3) is 0 Å². The summed E-state index contributed by atoms with van der Waals surface area (Å²) in [5, 5.41) is 18.8. The van der Waals surface area contributed by atoms with E-state index < -0.39 is 11.7 Å². The van der Waals surface area contributed by atoms with Crippen molar-refractivity contribution in [3.05, 3.63) is 53.1 Å². The van der Waals surface area contributed by atoms with Gasteiger partial charge in [0, 0.05) is 12.8 Å². The minimum absolute atomic E-state index is 0.163. The average Bonchev–Trinajstić information content (AvgIpc) is 3.22. The smallest absolute Gasteiger partial charge is 0.416 e. The second-order valence-electron chi connectivity index (χ2n) is 11.0. The van der Waals surface area contributed by atoms with Crippen LogP contribution in [0.5, 0.6) is 5.75 Å². The molecule has 2 aromatic carbocycles. The Labute approximate surface area is 215 Å². The summed E-state index contributed by atoms with van der Waals surface area (Å²) < 4.78 is 44.7. The second-order valence-corrected chi connectivity index (χ2v) is 11.0. The largest absolute Gasteiger partial charge is 0.508 e.